The summed E-state index contributed by atoms with van der Waals surface area (Å²) in [5.41, 5.74) is 7.74. The second-order valence-electron chi connectivity index (χ2n) is 6.09. The molecule has 0 atom stereocenters. The number of anilines is 2. The van der Waals surface area contributed by atoms with Crippen molar-refractivity contribution in [3.8, 4) is 17.0 Å². The van der Waals surface area contributed by atoms with E-state index in [1.807, 2.05) is 0 Å². The molecule has 0 radical (unpaired) electrons. The molecule has 0 amide bonds. The highest BCUT2D eigenvalue weighted by atomic mass is 35.5. The van der Waals surface area contributed by atoms with Gasteiger partial charge in [0.05, 0.1) is 21.6 Å². The fourth-order valence-corrected chi connectivity index (χ4v) is 3.90. The third-order valence-electron chi connectivity index (χ3n) is 3.97. The molecule has 1 aliphatic rings. The number of nitrogen functional groups attached to an aromatic ring is 1. The zero-order valence-corrected chi connectivity index (χ0v) is 14.9. The van der Waals surface area contributed by atoms with Gasteiger partial charge in [0.25, 0.3) is 0 Å². The van der Waals surface area contributed by atoms with E-state index < -0.39 is 0 Å². The average molecular weight is 375 g/mol. The van der Waals surface area contributed by atoms with Crippen molar-refractivity contribution < 1.29 is 9.90 Å². The van der Waals surface area contributed by atoms with Crippen molar-refractivity contribution in [1.29, 1.82) is 0 Å². The third-order valence-corrected chi connectivity index (χ3v) is 5.39. The Labute approximate surface area is 152 Å². The minimum Gasteiger partial charge on any atom is -0.508 e. The van der Waals surface area contributed by atoms with Gasteiger partial charge in [-0.2, -0.15) is 0 Å². The van der Waals surface area contributed by atoms with E-state index in [-0.39, 0.29) is 11.5 Å². The molecule has 1 aliphatic carbocycles. The number of benzene rings is 1. The fourth-order valence-electron chi connectivity index (χ4n) is 2.68. The van der Waals surface area contributed by atoms with Crippen LogP contribution in [0.4, 0.5) is 11.6 Å². The molecule has 1 fully saturated rings. The Bertz CT molecular complexity index is 993. The Hall–Kier alpha value is -2.38. The number of thiophene rings is 1. The van der Waals surface area contributed by atoms with Gasteiger partial charge in [0, 0.05) is 23.6 Å². The fraction of sp³-hybridized carbons (Fsp3) is 0.235. The molecule has 0 saturated heterocycles. The topological polar surface area (TPSA) is 101 Å². The van der Waals surface area contributed by atoms with Gasteiger partial charge in [0.1, 0.15) is 10.6 Å². The first-order chi connectivity index (χ1) is 11.9. The summed E-state index contributed by atoms with van der Waals surface area (Å²) in [6.45, 7) is 1.47. The maximum atomic E-state index is 11.9. The molecule has 4 rings (SSSR count). The molecule has 8 heteroatoms. The van der Waals surface area contributed by atoms with E-state index in [0.717, 1.165) is 12.8 Å². The number of nitrogens with two attached hydrogens (primary N) is 1. The lowest BCUT2D eigenvalue weighted by molar-refractivity contribution is 0.102. The van der Waals surface area contributed by atoms with Crippen LogP contribution in [0.1, 0.15) is 29.4 Å². The van der Waals surface area contributed by atoms with Crippen LogP contribution in [0.5, 0.6) is 5.75 Å². The highest BCUT2D eigenvalue weighted by Crippen LogP contribution is 2.41. The van der Waals surface area contributed by atoms with Crippen molar-refractivity contribution in [2.24, 2.45) is 0 Å². The number of hydrogen-bond acceptors (Lipinski definition) is 7. The van der Waals surface area contributed by atoms with Gasteiger partial charge in [0.15, 0.2) is 5.78 Å². The number of fused-ring (bicyclic) bond motifs is 1. The standard InChI is InChI=1S/C17H15ClN4O2S/c1-7(23)15-13(19)12-14(8-4-9(18)6-11(24)5-8)21-17(20-10-2-3-10)22-16(12)25-15/h4-6,10,24H,2-3,19H2,1H3,(H,20,21,22). The number of Topliss-reactive ketones (excluding diaryl/α,β-unsaturated/α-hetero) is 1. The van der Waals surface area contributed by atoms with Crippen molar-refractivity contribution in [1.82, 2.24) is 9.97 Å². The smallest absolute Gasteiger partial charge is 0.224 e. The number of phenols is 1. The van der Waals surface area contributed by atoms with Crippen LogP contribution >= 0.6 is 22.9 Å². The molecule has 2 heterocycles. The van der Waals surface area contributed by atoms with Gasteiger partial charge in [-0.1, -0.05) is 11.6 Å². The number of rotatable bonds is 4. The maximum absolute atomic E-state index is 11.9. The van der Waals surface area contributed by atoms with E-state index >= 15 is 0 Å². The van der Waals surface area contributed by atoms with Gasteiger partial charge in [-0.05, 0) is 31.0 Å². The van der Waals surface area contributed by atoms with E-state index in [4.69, 9.17) is 17.3 Å². The van der Waals surface area contributed by atoms with Gasteiger partial charge in [-0.3, -0.25) is 4.79 Å². The summed E-state index contributed by atoms with van der Waals surface area (Å²) >= 11 is 7.33. The van der Waals surface area contributed by atoms with Gasteiger partial charge < -0.3 is 16.2 Å². The number of carbonyl (C=O) groups excluding carboxylic acids is 1. The summed E-state index contributed by atoms with van der Waals surface area (Å²) in [5.74, 6) is 0.407. The van der Waals surface area contributed by atoms with E-state index in [9.17, 15) is 9.90 Å². The van der Waals surface area contributed by atoms with Crippen LogP contribution < -0.4 is 11.1 Å². The number of hydrogen-bond donors (Lipinski definition) is 3. The number of halogens is 1. The third kappa shape index (κ3) is 3.01. The second-order valence-corrected chi connectivity index (χ2v) is 7.53. The van der Waals surface area contributed by atoms with Crippen LogP contribution in [-0.2, 0) is 0 Å². The highest BCUT2D eigenvalue weighted by Gasteiger charge is 2.25. The lowest BCUT2D eigenvalue weighted by atomic mass is 10.1. The largest absolute Gasteiger partial charge is 0.508 e. The van der Waals surface area contributed by atoms with Gasteiger partial charge in [-0.15, -0.1) is 11.3 Å². The Morgan fingerprint density at radius 2 is 2.12 bits per heavy atom. The van der Waals surface area contributed by atoms with Crippen molar-refractivity contribution >= 4 is 50.6 Å². The number of aromatic nitrogens is 2. The number of aromatic hydroxyl groups is 1. The maximum Gasteiger partial charge on any atom is 0.224 e. The Balaban J connectivity index is 1.99. The summed E-state index contributed by atoms with van der Waals surface area (Å²) in [6.07, 6.45) is 2.17. The number of nitrogens with one attached hydrogen (secondary N) is 1. The van der Waals surface area contributed by atoms with Gasteiger partial charge in [0.2, 0.25) is 5.95 Å². The van der Waals surface area contributed by atoms with E-state index in [1.54, 1.807) is 12.1 Å². The number of phenolic OH excluding ortho intramolecular Hbond substituents is 1. The Kier molecular flexibility index (Phi) is 3.77. The van der Waals surface area contributed by atoms with Crippen molar-refractivity contribution in [2.75, 3.05) is 11.1 Å². The van der Waals surface area contributed by atoms with Crippen LogP contribution in [-0.4, -0.2) is 26.9 Å². The molecule has 0 bridgehead atoms. The van der Waals surface area contributed by atoms with Crippen molar-refractivity contribution in [3.63, 3.8) is 0 Å². The molecule has 1 saturated carbocycles. The minimum atomic E-state index is -0.114. The monoisotopic (exact) mass is 374 g/mol. The molecular formula is C17H15ClN4O2S. The van der Waals surface area contributed by atoms with Crippen molar-refractivity contribution in [3.05, 3.63) is 28.1 Å². The normalized spacial score (nSPS) is 14.0. The van der Waals surface area contributed by atoms with E-state index in [0.29, 0.717) is 49.1 Å². The number of carbonyl (C=O) groups is 1. The molecule has 128 valence electrons. The number of nitrogens with zero attached hydrogens (tertiary/aromatic N) is 2. The summed E-state index contributed by atoms with van der Waals surface area (Å²) in [6, 6.07) is 5.10. The minimum absolute atomic E-state index is 0.0338. The first-order valence-corrected chi connectivity index (χ1v) is 8.99. The zero-order chi connectivity index (χ0) is 17.7. The number of ketones is 1. The molecule has 6 nitrogen and oxygen atoms in total. The van der Waals surface area contributed by atoms with Crippen molar-refractivity contribution in [2.45, 2.75) is 25.8 Å². The lowest BCUT2D eigenvalue weighted by Crippen LogP contribution is -2.06. The summed E-state index contributed by atoms with van der Waals surface area (Å²) in [5, 5.41) is 14.2. The molecule has 3 aromatic rings. The molecule has 0 spiro atoms. The Morgan fingerprint density at radius 1 is 1.36 bits per heavy atom. The molecule has 0 aliphatic heterocycles. The SMILES string of the molecule is CC(=O)c1sc2nc(NC3CC3)nc(-c3cc(O)cc(Cl)c3)c2c1N. The molecule has 4 N–H and O–H groups in total. The molecule has 2 aromatic heterocycles. The molecule has 0 unspecified atom stereocenters. The van der Waals surface area contributed by atoms with Crippen LogP contribution in [0, 0.1) is 0 Å². The highest BCUT2D eigenvalue weighted by molar-refractivity contribution is 7.21. The predicted octanol–water partition coefficient (Wildman–Crippen LogP) is 4.08. The first kappa shape index (κ1) is 16.1. The second kappa shape index (κ2) is 5.86. The molecule has 25 heavy (non-hydrogen) atoms. The zero-order valence-electron chi connectivity index (χ0n) is 13.3. The van der Waals surface area contributed by atoms with Gasteiger partial charge in [-0.25, -0.2) is 9.97 Å². The quantitative estimate of drug-likeness (QED) is 0.595. The molecular weight excluding hydrogens is 360 g/mol. The predicted molar refractivity (Wildman–Crippen MR) is 101 cm³/mol. The lowest BCUT2D eigenvalue weighted by Gasteiger charge is -2.09. The summed E-state index contributed by atoms with van der Waals surface area (Å²) in [4.78, 5) is 22.1. The van der Waals surface area contributed by atoms with Gasteiger partial charge >= 0.3 is 0 Å². The summed E-state index contributed by atoms with van der Waals surface area (Å²) < 4.78 is 0. The van der Waals surface area contributed by atoms with Crippen LogP contribution in [0.15, 0.2) is 18.2 Å². The average Bonchev–Trinajstić information content (AvgIpc) is 3.27. The first-order valence-electron chi connectivity index (χ1n) is 7.80. The molecule has 1 aromatic carbocycles. The van der Waals surface area contributed by atoms with Crippen LogP contribution in [0.3, 0.4) is 0 Å². The van der Waals surface area contributed by atoms with E-state index in [2.05, 4.69) is 15.3 Å². The van der Waals surface area contributed by atoms with Crippen LogP contribution in [0.2, 0.25) is 5.02 Å². The Morgan fingerprint density at radius 3 is 2.76 bits per heavy atom. The summed E-state index contributed by atoms with van der Waals surface area (Å²) in [7, 11) is 0. The van der Waals surface area contributed by atoms with E-state index in [1.165, 1.54) is 24.3 Å². The van der Waals surface area contributed by atoms with Crippen LogP contribution in [0.25, 0.3) is 21.5 Å².